The van der Waals surface area contributed by atoms with Gasteiger partial charge >= 0.3 is 6.09 Å². The van der Waals surface area contributed by atoms with Gasteiger partial charge in [0, 0.05) is 11.3 Å². The molecule has 1 aromatic heterocycles. The molecule has 1 fully saturated rings. The highest BCUT2D eigenvalue weighted by molar-refractivity contribution is 7.10. The zero-order chi connectivity index (χ0) is 8.39. The van der Waals surface area contributed by atoms with Crippen LogP contribution in [0, 0.1) is 0 Å². The smallest absolute Gasteiger partial charge is 0.407 e. The molecule has 1 aliphatic heterocycles. The van der Waals surface area contributed by atoms with Gasteiger partial charge in [0.25, 0.3) is 0 Å². The number of nitrogens with one attached hydrogen (secondary N) is 1. The van der Waals surface area contributed by atoms with Crippen LogP contribution in [0.5, 0.6) is 0 Å². The van der Waals surface area contributed by atoms with Gasteiger partial charge in [-0.25, -0.2) is 4.79 Å². The number of cyclic esters (lactones) is 1. The molecular weight excluding hydrogens is 174 g/mol. The Bertz CT molecular complexity index is 271. The number of alkyl carbamates (subject to hydrolysis) is 1. The van der Waals surface area contributed by atoms with Crippen molar-refractivity contribution in [3.05, 3.63) is 22.4 Å². The van der Waals surface area contributed by atoms with Crippen LogP contribution in [0.25, 0.3) is 0 Å². The fraction of sp³-hybridized carbons (Fsp3) is 0.375. The summed E-state index contributed by atoms with van der Waals surface area (Å²) in [6.07, 6.45) is 0.561. The number of carbonyl (C=O) groups excluding carboxylic acids is 1. The lowest BCUT2D eigenvalue weighted by molar-refractivity contribution is 0.116. The molecule has 1 saturated heterocycles. The summed E-state index contributed by atoms with van der Waals surface area (Å²) in [6, 6.07) is 4.17. The van der Waals surface area contributed by atoms with Crippen LogP contribution >= 0.6 is 11.3 Å². The minimum absolute atomic E-state index is 0.159. The van der Waals surface area contributed by atoms with E-state index in [0.717, 1.165) is 6.42 Å². The minimum Gasteiger partial charge on any atom is -0.449 e. The molecule has 12 heavy (non-hydrogen) atoms. The summed E-state index contributed by atoms with van der Waals surface area (Å²) < 4.78 is 4.76. The largest absolute Gasteiger partial charge is 0.449 e. The molecular formula is C8H9NO2S. The molecule has 64 valence electrons. The SMILES string of the molecule is O=C1NC(c2cccs2)CCO1. The molecule has 0 saturated carbocycles. The lowest BCUT2D eigenvalue weighted by Gasteiger charge is -2.21. The number of hydrogen-bond donors (Lipinski definition) is 1. The van der Waals surface area contributed by atoms with Crippen LogP contribution in [0.15, 0.2) is 17.5 Å². The Labute approximate surface area is 74.4 Å². The van der Waals surface area contributed by atoms with E-state index >= 15 is 0 Å². The lowest BCUT2D eigenvalue weighted by Crippen LogP contribution is -2.34. The van der Waals surface area contributed by atoms with Crippen LogP contribution in [0.1, 0.15) is 17.3 Å². The average Bonchev–Trinajstić information content (AvgIpc) is 2.56. The fourth-order valence-electron chi connectivity index (χ4n) is 1.23. The minimum atomic E-state index is -0.306. The zero-order valence-electron chi connectivity index (χ0n) is 6.45. The highest BCUT2D eigenvalue weighted by Gasteiger charge is 2.20. The molecule has 1 N–H and O–H groups in total. The van der Waals surface area contributed by atoms with Gasteiger partial charge in [0.15, 0.2) is 0 Å². The van der Waals surface area contributed by atoms with E-state index in [1.807, 2.05) is 17.5 Å². The van der Waals surface area contributed by atoms with Crippen molar-refractivity contribution in [1.82, 2.24) is 5.32 Å². The van der Waals surface area contributed by atoms with Gasteiger partial charge in [0.05, 0.1) is 12.6 Å². The third kappa shape index (κ3) is 1.43. The number of carbonyl (C=O) groups is 1. The van der Waals surface area contributed by atoms with Gasteiger partial charge in [-0.2, -0.15) is 0 Å². The second kappa shape index (κ2) is 3.15. The summed E-state index contributed by atoms with van der Waals surface area (Å²) >= 11 is 1.66. The Morgan fingerprint density at radius 2 is 2.58 bits per heavy atom. The number of hydrogen-bond acceptors (Lipinski definition) is 3. The molecule has 2 heterocycles. The van der Waals surface area contributed by atoms with Crippen LogP contribution in [0.2, 0.25) is 0 Å². The van der Waals surface area contributed by atoms with Gasteiger partial charge in [-0.3, -0.25) is 0 Å². The van der Waals surface area contributed by atoms with Gasteiger partial charge in [0.2, 0.25) is 0 Å². The second-order valence-corrected chi connectivity index (χ2v) is 3.62. The van der Waals surface area contributed by atoms with Gasteiger partial charge in [-0.1, -0.05) is 6.07 Å². The lowest BCUT2D eigenvalue weighted by atomic mass is 10.1. The van der Waals surface area contributed by atoms with Crippen molar-refractivity contribution in [2.24, 2.45) is 0 Å². The molecule has 0 radical (unpaired) electrons. The number of ether oxygens (including phenoxy) is 1. The van der Waals surface area contributed by atoms with E-state index in [-0.39, 0.29) is 12.1 Å². The summed E-state index contributed by atoms with van der Waals surface area (Å²) in [7, 11) is 0. The maximum absolute atomic E-state index is 10.8. The first-order chi connectivity index (χ1) is 5.86. The molecule has 2 rings (SSSR count). The average molecular weight is 183 g/mol. The van der Waals surface area contributed by atoms with E-state index in [1.54, 1.807) is 11.3 Å². The van der Waals surface area contributed by atoms with Crippen molar-refractivity contribution in [3.63, 3.8) is 0 Å². The number of rotatable bonds is 1. The summed E-state index contributed by atoms with van der Waals surface area (Å²) in [5, 5.41) is 4.78. The molecule has 1 atom stereocenters. The zero-order valence-corrected chi connectivity index (χ0v) is 7.26. The van der Waals surface area contributed by atoms with Crippen LogP contribution in [-0.2, 0) is 4.74 Å². The first kappa shape index (κ1) is 7.61. The third-order valence-corrected chi connectivity index (χ3v) is 2.80. The van der Waals surface area contributed by atoms with Crippen molar-refractivity contribution in [2.75, 3.05) is 6.61 Å². The first-order valence-corrected chi connectivity index (χ1v) is 4.71. The number of thiophene rings is 1. The van der Waals surface area contributed by atoms with E-state index in [4.69, 9.17) is 4.74 Å². The first-order valence-electron chi connectivity index (χ1n) is 3.83. The van der Waals surface area contributed by atoms with Crippen LogP contribution < -0.4 is 5.32 Å². The van der Waals surface area contributed by atoms with E-state index in [1.165, 1.54) is 4.88 Å². The molecule has 1 amide bonds. The summed E-state index contributed by atoms with van der Waals surface area (Å²) in [5.41, 5.74) is 0. The summed E-state index contributed by atoms with van der Waals surface area (Å²) in [6.45, 7) is 0.522. The van der Waals surface area contributed by atoms with E-state index < -0.39 is 0 Å². The van der Waals surface area contributed by atoms with Gasteiger partial charge in [0.1, 0.15) is 0 Å². The van der Waals surface area contributed by atoms with Gasteiger partial charge < -0.3 is 10.1 Å². The molecule has 0 bridgehead atoms. The predicted octanol–water partition coefficient (Wildman–Crippen LogP) is 1.92. The molecule has 0 spiro atoms. The van der Waals surface area contributed by atoms with Crippen molar-refractivity contribution in [1.29, 1.82) is 0 Å². The Hall–Kier alpha value is -1.03. The Kier molecular flexibility index (Phi) is 1.99. The molecule has 4 heteroatoms. The van der Waals surface area contributed by atoms with Gasteiger partial charge in [-0.05, 0) is 11.4 Å². The molecule has 1 aliphatic rings. The van der Waals surface area contributed by atoms with Gasteiger partial charge in [-0.15, -0.1) is 11.3 Å². The van der Waals surface area contributed by atoms with Crippen molar-refractivity contribution >= 4 is 17.4 Å². The Balaban J connectivity index is 2.09. The maximum atomic E-state index is 10.8. The summed E-state index contributed by atoms with van der Waals surface area (Å²) in [5.74, 6) is 0. The monoisotopic (exact) mass is 183 g/mol. The highest BCUT2D eigenvalue weighted by atomic mass is 32.1. The highest BCUT2D eigenvalue weighted by Crippen LogP contribution is 2.23. The molecule has 1 aromatic rings. The number of amides is 1. The van der Waals surface area contributed by atoms with Crippen LogP contribution in [0.3, 0.4) is 0 Å². The predicted molar refractivity (Wildman–Crippen MR) is 46.2 cm³/mol. The maximum Gasteiger partial charge on any atom is 0.407 e. The molecule has 0 aliphatic carbocycles. The Morgan fingerprint density at radius 1 is 1.67 bits per heavy atom. The standard InChI is InChI=1S/C8H9NO2S/c10-8-9-6(3-4-11-8)7-2-1-5-12-7/h1-2,5-6H,3-4H2,(H,9,10). The van der Waals surface area contributed by atoms with Crippen molar-refractivity contribution in [2.45, 2.75) is 12.5 Å². The Morgan fingerprint density at radius 3 is 3.25 bits per heavy atom. The molecule has 1 unspecified atom stereocenters. The summed E-state index contributed by atoms with van der Waals surface area (Å²) in [4.78, 5) is 12.0. The van der Waals surface area contributed by atoms with Crippen molar-refractivity contribution in [3.8, 4) is 0 Å². The van der Waals surface area contributed by atoms with E-state index in [0.29, 0.717) is 6.61 Å². The van der Waals surface area contributed by atoms with Crippen LogP contribution in [0.4, 0.5) is 4.79 Å². The van der Waals surface area contributed by atoms with E-state index in [9.17, 15) is 4.79 Å². The van der Waals surface area contributed by atoms with Crippen LogP contribution in [-0.4, -0.2) is 12.7 Å². The fourth-order valence-corrected chi connectivity index (χ4v) is 2.04. The van der Waals surface area contributed by atoms with Crippen molar-refractivity contribution < 1.29 is 9.53 Å². The molecule has 0 aromatic carbocycles. The normalized spacial score (nSPS) is 23.0. The third-order valence-electron chi connectivity index (χ3n) is 1.82. The second-order valence-electron chi connectivity index (χ2n) is 2.64. The van der Waals surface area contributed by atoms with E-state index in [2.05, 4.69) is 5.32 Å². The topological polar surface area (TPSA) is 38.3 Å². The quantitative estimate of drug-likeness (QED) is 0.722. The molecule has 3 nitrogen and oxygen atoms in total.